The Kier molecular flexibility index (Phi) is 5.99. The van der Waals surface area contributed by atoms with Crippen LogP contribution in [0.25, 0.3) is 11.2 Å². The molecule has 4 aromatic rings. The van der Waals surface area contributed by atoms with Crippen molar-refractivity contribution in [1.29, 1.82) is 0 Å². The van der Waals surface area contributed by atoms with Crippen LogP contribution in [-0.2, 0) is 13.1 Å². The molecule has 4 N–H and O–H groups in total. The van der Waals surface area contributed by atoms with E-state index in [1.165, 1.54) is 0 Å². The van der Waals surface area contributed by atoms with Gasteiger partial charge in [-0.3, -0.25) is 0 Å². The predicted molar refractivity (Wildman–Crippen MR) is 121 cm³/mol. The largest absolute Gasteiger partial charge is 0.507 e. The maximum Gasteiger partial charge on any atom is 0.226 e. The first-order valence-corrected chi connectivity index (χ1v) is 10.2. The molecule has 1 unspecified atom stereocenters. The fraction of sp³-hybridized carbons (Fsp3) is 0.261. The number of imidazole rings is 1. The highest BCUT2D eigenvalue weighted by Crippen LogP contribution is 2.25. The van der Waals surface area contributed by atoms with Crippen molar-refractivity contribution in [3.05, 3.63) is 71.5 Å². The van der Waals surface area contributed by atoms with Gasteiger partial charge in [0.1, 0.15) is 5.75 Å². The summed E-state index contributed by atoms with van der Waals surface area (Å²) in [6, 6.07) is 15.7. The number of aliphatic hydroxyl groups is 1. The molecule has 8 heteroatoms. The molecule has 0 radical (unpaired) electrons. The van der Waals surface area contributed by atoms with Gasteiger partial charge >= 0.3 is 0 Å². The molecular formula is C23H26N6O2. The molecule has 0 saturated carbocycles. The lowest BCUT2D eigenvalue weighted by atomic mass is 10.1. The Morgan fingerprint density at radius 3 is 2.61 bits per heavy atom. The summed E-state index contributed by atoms with van der Waals surface area (Å²) in [4.78, 5) is 13.7. The minimum Gasteiger partial charge on any atom is -0.507 e. The molecule has 0 amide bonds. The van der Waals surface area contributed by atoms with Crippen molar-refractivity contribution >= 4 is 22.9 Å². The first kappa shape index (κ1) is 20.6. The quantitative estimate of drug-likeness (QED) is 0.348. The number of nitrogens with one attached hydrogen (secondary N) is 2. The van der Waals surface area contributed by atoms with Crippen LogP contribution in [0.2, 0.25) is 0 Å². The molecule has 0 bridgehead atoms. The summed E-state index contributed by atoms with van der Waals surface area (Å²) in [7, 11) is 0. The second-order valence-electron chi connectivity index (χ2n) is 7.59. The van der Waals surface area contributed by atoms with Gasteiger partial charge in [-0.25, -0.2) is 4.98 Å². The van der Waals surface area contributed by atoms with E-state index in [1.54, 1.807) is 13.3 Å². The monoisotopic (exact) mass is 418 g/mol. The Bertz CT molecular complexity index is 1170. The van der Waals surface area contributed by atoms with Crippen molar-refractivity contribution in [3.8, 4) is 5.75 Å². The van der Waals surface area contributed by atoms with Crippen molar-refractivity contribution in [2.45, 2.75) is 33.0 Å². The summed E-state index contributed by atoms with van der Waals surface area (Å²) in [5, 5.41) is 26.3. The van der Waals surface area contributed by atoms with Crippen LogP contribution in [-0.4, -0.2) is 42.4 Å². The molecule has 4 rings (SSSR count). The molecule has 0 fully saturated rings. The van der Waals surface area contributed by atoms with E-state index in [1.807, 2.05) is 47.9 Å². The van der Waals surface area contributed by atoms with E-state index < -0.39 is 6.10 Å². The van der Waals surface area contributed by atoms with E-state index in [0.29, 0.717) is 42.6 Å². The number of aromatic hydroxyl groups is 1. The van der Waals surface area contributed by atoms with Crippen LogP contribution in [0.3, 0.4) is 0 Å². The van der Waals surface area contributed by atoms with Gasteiger partial charge in [0, 0.05) is 18.7 Å². The van der Waals surface area contributed by atoms with Gasteiger partial charge in [0.15, 0.2) is 17.0 Å². The topological polar surface area (TPSA) is 108 Å². The lowest BCUT2D eigenvalue weighted by Crippen LogP contribution is -2.17. The van der Waals surface area contributed by atoms with E-state index in [9.17, 15) is 10.2 Å². The number of hydrogen-bond acceptors (Lipinski definition) is 7. The maximum atomic E-state index is 10.3. The molecule has 1 atom stereocenters. The summed E-state index contributed by atoms with van der Waals surface area (Å²) in [5.74, 6) is 1.23. The van der Waals surface area contributed by atoms with Crippen LogP contribution in [0, 0.1) is 6.92 Å². The summed E-state index contributed by atoms with van der Waals surface area (Å²) in [6.07, 6.45) is 1.22. The van der Waals surface area contributed by atoms with Gasteiger partial charge in [-0.2, -0.15) is 9.97 Å². The van der Waals surface area contributed by atoms with E-state index in [4.69, 9.17) is 0 Å². The Balaban J connectivity index is 1.67. The third-order valence-corrected chi connectivity index (χ3v) is 4.98. The maximum absolute atomic E-state index is 10.3. The number of aromatic nitrogens is 4. The lowest BCUT2D eigenvalue weighted by Gasteiger charge is -2.13. The Morgan fingerprint density at radius 2 is 1.84 bits per heavy atom. The molecule has 31 heavy (non-hydrogen) atoms. The molecule has 2 heterocycles. The zero-order valence-electron chi connectivity index (χ0n) is 17.6. The molecule has 0 aliphatic carbocycles. The van der Waals surface area contributed by atoms with E-state index in [-0.39, 0.29) is 5.75 Å². The van der Waals surface area contributed by atoms with Crippen LogP contribution in [0.4, 0.5) is 11.8 Å². The molecule has 2 aromatic carbocycles. The summed E-state index contributed by atoms with van der Waals surface area (Å²) in [5.41, 5.74) is 4.05. The molecule has 0 aliphatic heterocycles. The summed E-state index contributed by atoms with van der Waals surface area (Å²) in [6.45, 7) is 4.91. The molecule has 160 valence electrons. The fourth-order valence-electron chi connectivity index (χ4n) is 3.32. The molecule has 0 spiro atoms. The van der Waals surface area contributed by atoms with Crippen molar-refractivity contribution in [1.82, 2.24) is 19.5 Å². The first-order chi connectivity index (χ1) is 15.0. The van der Waals surface area contributed by atoms with Gasteiger partial charge in [-0.15, -0.1) is 0 Å². The Morgan fingerprint density at radius 1 is 1.03 bits per heavy atom. The third kappa shape index (κ3) is 4.75. The van der Waals surface area contributed by atoms with E-state index >= 15 is 0 Å². The van der Waals surface area contributed by atoms with Crippen molar-refractivity contribution in [2.24, 2.45) is 0 Å². The van der Waals surface area contributed by atoms with Gasteiger partial charge in [0.2, 0.25) is 5.95 Å². The highest BCUT2D eigenvalue weighted by Gasteiger charge is 2.15. The molecule has 0 aliphatic rings. The standard InChI is InChI=1S/C23H26N6O2/c1-15-7-6-10-18(20(15)31)12-24-21-19-22(28-23(27-21)25-11-16(2)30)29(14-26-19)13-17-8-4-3-5-9-17/h3-10,14,16,30-31H,11-13H2,1-2H3,(H2,24,25,27,28). The van der Waals surface area contributed by atoms with Gasteiger partial charge in [0.05, 0.1) is 19.0 Å². The average molecular weight is 419 g/mol. The van der Waals surface area contributed by atoms with Crippen molar-refractivity contribution in [2.75, 3.05) is 17.2 Å². The van der Waals surface area contributed by atoms with Crippen LogP contribution >= 0.6 is 0 Å². The van der Waals surface area contributed by atoms with E-state index in [2.05, 4.69) is 37.7 Å². The van der Waals surface area contributed by atoms with Crippen LogP contribution in [0.5, 0.6) is 5.75 Å². The number of phenolic OH excluding ortho intramolecular Hbond substituents is 1. The van der Waals surface area contributed by atoms with Gasteiger partial charge < -0.3 is 25.4 Å². The number of para-hydroxylation sites is 1. The Labute approximate surface area is 180 Å². The number of benzene rings is 2. The Hall–Kier alpha value is -3.65. The van der Waals surface area contributed by atoms with E-state index in [0.717, 1.165) is 16.7 Å². The van der Waals surface area contributed by atoms with Crippen molar-refractivity contribution in [3.63, 3.8) is 0 Å². The number of anilines is 2. The van der Waals surface area contributed by atoms with Crippen LogP contribution in [0.1, 0.15) is 23.6 Å². The smallest absolute Gasteiger partial charge is 0.226 e. The zero-order chi connectivity index (χ0) is 21.8. The third-order valence-electron chi connectivity index (χ3n) is 4.98. The average Bonchev–Trinajstić information content (AvgIpc) is 3.16. The predicted octanol–water partition coefficient (Wildman–Crippen LogP) is 3.29. The van der Waals surface area contributed by atoms with Crippen LogP contribution < -0.4 is 10.6 Å². The molecule has 2 aromatic heterocycles. The second kappa shape index (κ2) is 9.01. The number of phenols is 1. The van der Waals surface area contributed by atoms with Gasteiger partial charge in [0.25, 0.3) is 0 Å². The molecule has 0 saturated heterocycles. The molecular weight excluding hydrogens is 392 g/mol. The summed E-state index contributed by atoms with van der Waals surface area (Å²) < 4.78 is 1.97. The number of hydrogen-bond donors (Lipinski definition) is 4. The fourth-order valence-corrected chi connectivity index (χ4v) is 3.32. The zero-order valence-corrected chi connectivity index (χ0v) is 17.6. The number of aryl methyl sites for hydroxylation is 1. The van der Waals surface area contributed by atoms with Gasteiger partial charge in [-0.1, -0.05) is 48.5 Å². The highest BCUT2D eigenvalue weighted by molar-refractivity contribution is 5.84. The van der Waals surface area contributed by atoms with Crippen molar-refractivity contribution < 1.29 is 10.2 Å². The SMILES string of the molecule is Cc1cccc(CNc2nc(NCC(C)O)nc3c2ncn3Cc2ccccc2)c1O. The lowest BCUT2D eigenvalue weighted by molar-refractivity contribution is 0.208. The van der Waals surface area contributed by atoms with Gasteiger partial charge in [-0.05, 0) is 25.0 Å². The normalized spacial score (nSPS) is 12.1. The highest BCUT2D eigenvalue weighted by atomic mass is 16.3. The summed E-state index contributed by atoms with van der Waals surface area (Å²) >= 11 is 0. The van der Waals surface area contributed by atoms with Crippen LogP contribution in [0.15, 0.2) is 54.9 Å². The number of nitrogens with zero attached hydrogens (tertiary/aromatic N) is 4. The minimum atomic E-state index is -0.533. The minimum absolute atomic E-state index is 0.266. The number of fused-ring (bicyclic) bond motifs is 1. The first-order valence-electron chi connectivity index (χ1n) is 10.2. The number of rotatable bonds is 8. The molecule has 8 nitrogen and oxygen atoms in total. The number of aliphatic hydroxyl groups excluding tert-OH is 1. The second-order valence-corrected chi connectivity index (χ2v) is 7.59.